The van der Waals surface area contributed by atoms with Crippen LogP contribution in [0.2, 0.25) is 5.02 Å². The number of rotatable bonds is 5. The van der Waals surface area contributed by atoms with Crippen LogP contribution >= 0.6 is 11.6 Å². The predicted octanol–water partition coefficient (Wildman–Crippen LogP) is 3.95. The molecule has 26 heavy (non-hydrogen) atoms. The number of carbonyl (C=O) groups is 1. The summed E-state index contributed by atoms with van der Waals surface area (Å²) in [6.45, 7) is 2.73. The van der Waals surface area contributed by atoms with Gasteiger partial charge < -0.3 is 20.1 Å². The number of halogens is 2. The fourth-order valence-corrected chi connectivity index (χ4v) is 2.96. The predicted molar refractivity (Wildman–Crippen MR) is 96.8 cm³/mol. The highest BCUT2D eigenvalue weighted by Crippen LogP contribution is 2.29. The molecule has 1 aliphatic rings. The first-order valence-corrected chi connectivity index (χ1v) is 8.72. The van der Waals surface area contributed by atoms with Gasteiger partial charge in [0.25, 0.3) is 0 Å². The second kappa shape index (κ2) is 8.38. The van der Waals surface area contributed by atoms with E-state index < -0.39 is 0 Å². The smallest absolute Gasteiger partial charge is 0.315 e. The number of amides is 2. The molecule has 7 heteroatoms. The molecule has 2 amide bonds. The summed E-state index contributed by atoms with van der Waals surface area (Å²) < 4.78 is 24.3. The van der Waals surface area contributed by atoms with E-state index in [-0.39, 0.29) is 24.7 Å². The molecule has 0 bridgehead atoms. The largest absolute Gasteiger partial charge is 0.467 e. The van der Waals surface area contributed by atoms with Gasteiger partial charge in [-0.05, 0) is 48.7 Å². The van der Waals surface area contributed by atoms with Gasteiger partial charge in [0, 0.05) is 17.1 Å². The van der Waals surface area contributed by atoms with Crippen LogP contribution in [0.3, 0.4) is 0 Å². The third-order valence-electron chi connectivity index (χ3n) is 4.15. The molecular weight excluding hydrogens is 359 g/mol. The first-order chi connectivity index (χ1) is 12.5. The van der Waals surface area contributed by atoms with Crippen LogP contribution in [0.4, 0.5) is 9.18 Å². The van der Waals surface area contributed by atoms with E-state index in [0.717, 1.165) is 5.56 Å². The summed E-state index contributed by atoms with van der Waals surface area (Å²) in [7, 11) is 0. The molecule has 1 atom stereocenters. The van der Waals surface area contributed by atoms with Crippen molar-refractivity contribution in [3.8, 4) is 5.75 Å². The third-order valence-corrected chi connectivity index (χ3v) is 4.40. The standard InChI is InChI=1S/C19H20ClFN2O3/c1-12(13-2-4-16(20)5-3-13)23-19(24)22-7-6-14-8-17(21)9-15-10-25-11-26-18(14)15/h2-5,8-9,12H,6-7,10-11H2,1H3,(H2,22,23,24). The molecule has 0 spiro atoms. The minimum atomic E-state index is -0.339. The number of hydrogen-bond acceptors (Lipinski definition) is 3. The molecule has 0 radical (unpaired) electrons. The Morgan fingerprint density at radius 2 is 2.08 bits per heavy atom. The molecule has 2 N–H and O–H groups in total. The molecule has 0 aromatic heterocycles. The molecule has 0 saturated heterocycles. The van der Waals surface area contributed by atoms with Gasteiger partial charge >= 0.3 is 6.03 Å². The van der Waals surface area contributed by atoms with Crippen molar-refractivity contribution in [3.05, 3.63) is 63.9 Å². The maximum absolute atomic E-state index is 13.7. The van der Waals surface area contributed by atoms with E-state index in [0.29, 0.717) is 41.5 Å². The van der Waals surface area contributed by atoms with E-state index in [1.54, 1.807) is 12.1 Å². The first-order valence-electron chi connectivity index (χ1n) is 8.34. The average molecular weight is 379 g/mol. The van der Waals surface area contributed by atoms with Crippen LogP contribution in [-0.2, 0) is 17.8 Å². The zero-order valence-electron chi connectivity index (χ0n) is 14.4. The highest BCUT2D eigenvalue weighted by Gasteiger charge is 2.17. The summed E-state index contributed by atoms with van der Waals surface area (Å²) in [5, 5.41) is 6.29. The fourth-order valence-electron chi connectivity index (χ4n) is 2.84. The Morgan fingerprint density at radius 3 is 2.85 bits per heavy atom. The average Bonchev–Trinajstić information content (AvgIpc) is 2.62. The topological polar surface area (TPSA) is 59.6 Å². The van der Waals surface area contributed by atoms with E-state index in [1.165, 1.54) is 12.1 Å². The lowest BCUT2D eigenvalue weighted by Crippen LogP contribution is -2.38. The van der Waals surface area contributed by atoms with E-state index >= 15 is 0 Å². The van der Waals surface area contributed by atoms with Gasteiger partial charge in [0.1, 0.15) is 11.6 Å². The van der Waals surface area contributed by atoms with Crippen LogP contribution in [-0.4, -0.2) is 19.4 Å². The van der Waals surface area contributed by atoms with Crippen LogP contribution in [0.25, 0.3) is 0 Å². The molecular formula is C19H20ClFN2O3. The summed E-state index contributed by atoms with van der Waals surface area (Å²) in [6, 6.07) is 9.69. The molecule has 2 aromatic carbocycles. The Kier molecular flexibility index (Phi) is 5.96. The van der Waals surface area contributed by atoms with Gasteiger partial charge in [0.2, 0.25) is 0 Å². The number of hydrogen-bond donors (Lipinski definition) is 2. The van der Waals surface area contributed by atoms with Gasteiger partial charge in [0.15, 0.2) is 6.79 Å². The van der Waals surface area contributed by atoms with Gasteiger partial charge in [-0.1, -0.05) is 23.7 Å². The molecule has 0 saturated carbocycles. The van der Waals surface area contributed by atoms with Crippen molar-refractivity contribution in [1.29, 1.82) is 0 Å². The van der Waals surface area contributed by atoms with E-state index in [9.17, 15) is 9.18 Å². The van der Waals surface area contributed by atoms with Gasteiger partial charge in [0.05, 0.1) is 12.6 Å². The number of urea groups is 1. The molecule has 138 valence electrons. The van der Waals surface area contributed by atoms with Gasteiger partial charge in [-0.3, -0.25) is 0 Å². The lowest BCUT2D eigenvalue weighted by atomic mass is 10.1. The van der Waals surface area contributed by atoms with Gasteiger partial charge in [-0.15, -0.1) is 0 Å². The van der Waals surface area contributed by atoms with Crippen molar-refractivity contribution in [3.63, 3.8) is 0 Å². The Morgan fingerprint density at radius 1 is 1.31 bits per heavy atom. The van der Waals surface area contributed by atoms with E-state index in [2.05, 4.69) is 10.6 Å². The SMILES string of the molecule is CC(NC(=O)NCCc1cc(F)cc2c1OCOC2)c1ccc(Cl)cc1. The molecule has 2 aromatic rings. The quantitative estimate of drug-likeness (QED) is 0.828. The zero-order chi connectivity index (χ0) is 18.5. The van der Waals surface area contributed by atoms with E-state index in [4.69, 9.17) is 21.1 Å². The molecule has 5 nitrogen and oxygen atoms in total. The molecule has 0 aliphatic carbocycles. The monoisotopic (exact) mass is 378 g/mol. The molecule has 1 aliphatic heterocycles. The fraction of sp³-hybridized carbons (Fsp3) is 0.316. The third kappa shape index (κ3) is 4.65. The number of fused-ring (bicyclic) bond motifs is 1. The number of benzene rings is 2. The van der Waals surface area contributed by atoms with Crippen LogP contribution in [0.5, 0.6) is 5.75 Å². The summed E-state index contributed by atoms with van der Waals surface area (Å²) in [6.07, 6.45) is 0.461. The molecule has 1 unspecified atom stereocenters. The maximum Gasteiger partial charge on any atom is 0.315 e. The number of carbonyl (C=O) groups excluding carboxylic acids is 1. The van der Waals surface area contributed by atoms with Crippen molar-refractivity contribution < 1.29 is 18.7 Å². The normalized spacial score (nSPS) is 14.1. The van der Waals surface area contributed by atoms with Crippen LogP contribution in [0.1, 0.15) is 29.7 Å². The second-order valence-corrected chi connectivity index (χ2v) is 6.52. The minimum absolute atomic E-state index is 0.151. The first kappa shape index (κ1) is 18.5. The highest BCUT2D eigenvalue weighted by atomic mass is 35.5. The van der Waals surface area contributed by atoms with E-state index in [1.807, 2.05) is 19.1 Å². The minimum Gasteiger partial charge on any atom is -0.467 e. The molecule has 0 fully saturated rings. The van der Waals surface area contributed by atoms with Crippen LogP contribution in [0, 0.1) is 5.82 Å². The lowest BCUT2D eigenvalue weighted by molar-refractivity contribution is -0.0172. The van der Waals surface area contributed by atoms with Crippen molar-refractivity contribution in [2.24, 2.45) is 0 Å². The second-order valence-electron chi connectivity index (χ2n) is 6.09. The van der Waals surface area contributed by atoms with Crippen LogP contribution in [0.15, 0.2) is 36.4 Å². The summed E-state index contributed by atoms with van der Waals surface area (Å²) in [4.78, 5) is 12.1. The number of ether oxygens (including phenoxy) is 2. The summed E-state index contributed by atoms with van der Waals surface area (Å²) >= 11 is 5.87. The Labute approximate surface area is 156 Å². The van der Waals surface area contributed by atoms with Crippen molar-refractivity contribution in [1.82, 2.24) is 10.6 Å². The Bertz CT molecular complexity index is 783. The summed E-state index contributed by atoms with van der Waals surface area (Å²) in [5.74, 6) is 0.308. The molecule has 3 rings (SSSR count). The Balaban J connectivity index is 1.52. The van der Waals surface area contributed by atoms with Gasteiger partial charge in [-0.25, -0.2) is 9.18 Å². The highest BCUT2D eigenvalue weighted by molar-refractivity contribution is 6.30. The number of nitrogens with one attached hydrogen (secondary N) is 2. The van der Waals surface area contributed by atoms with Crippen molar-refractivity contribution >= 4 is 17.6 Å². The maximum atomic E-state index is 13.7. The zero-order valence-corrected chi connectivity index (χ0v) is 15.1. The van der Waals surface area contributed by atoms with Gasteiger partial charge in [-0.2, -0.15) is 0 Å². The summed E-state index contributed by atoms with van der Waals surface area (Å²) in [5.41, 5.74) is 2.36. The molecule has 1 heterocycles. The van der Waals surface area contributed by atoms with Crippen LogP contribution < -0.4 is 15.4 Å². The van der Waals surface area contributed by atoms with Crippen molar-refractivity contribution in [2.75, 3.05) is 13.3 Å². The lowest BCUT2D eigenvalue weighted by Gasteiger charge is -2.21. The van der Waals surface area contributed by atoms with Crippen molar-refractivity contribution in [2.45, 2.75) is 26.0 Å². The Hall–Kier alpha value is -2.31.